The number of H-pyrrole nitrogens is 1. The number of aliphatic imine (C=N–C) groups is 1. The summed E-state index contributed by atoms with van der Waals surface area (Å²) in [6.45, 7) is 3.70. The molecular weight excluding hydrogens is 450 g/mol. The standard InChI is InChI=1S/C28H27N7O/c1-33-12-14-34(15-13-33)23(36)17-35-16-21(18-6-2-3-9-22(18)35)28-31-26-19-7-4-10-29-24(19)25-20(27(26)32-28)8-5-11-30-25/h2-11,16,19,24H,12-15,17H2,1H3,(H,31,32). The van der Waals surface area contributed by atoms with Crippen LogP contribution in [0.4, 0.5) is 0 Å². The van der Waals surface area contributed by atoms with Gasteiger partial charge in [-0.05, 0) is 31.3 Å². The number of carbonyl (C=O) groups is 1. The molecule has 4 aromatic rings. The van der Waals surface area contributed by atoms with Crippen molar-refractivity contribution in [1.29, 1.82) is 0 Å². The van der Waals surface area contributed by atoms with Crippen LogP contribution in [0, 0.1) is 0 Å². The number of hydrogen-bond acceptors (Lipinski definition) is 5. The van der Waals surface area contributed by atoms with Crippen LogP contribution in [0.15, 0.2) is 65.9 Å². The average molecular weight is 478 g/mol. The predicted octanol–water partition coefficient (Wildman–Crippen LogP) is 3.65. The van der Waals surface area contributed by atoms with E-state index in [2.05, 4.69) is 57.0 Å². The maximum Gasteiger partial charge on any atom is 0.242 e. The number of benzene rings is 1. The molecule has 8 nitrogen and oxygen atoms in total. The van der Waals surface area contributed by atoms with Crippen molar-refractivity contribution in [3.63, 3.8) is 0 Å². The number of pyridine rings is 1. The highest BCUT2D eigenvalue weighted by Gasteiger charge is 2.37. The first kappa shape index (κ1) is 21.3. The van der Waals surface area contributed by atoms with Crippen molar-refractivity contribution in [2.75, 3.05) is 33.2 Å². The monoisotopic (exact) mass is 477 g/mol. The van der Waals surface area contributed by atoms with E-state index in [0.717, 1.165) is 71.1 Å². The molecule has 2 atom stereocenters. The highest BCUT2D eigenvalue weighted by atomic mass is 16.2. The molecule has 0 spiro atoms. The maximum atomic E-state index is 13.2. The van der Waals surface area contributed by atoms with E-state index in [0.29, 0.717) is 6.54 Å². The SMILES string of the molecule is CN1CCN(C(=O)Cn2cc(-c3nc4c([nH]3)C3C=CC=NC3c3ncccc3-4)c3ccccc32)CC1. The van der Waals surface area contributed by atoms with Gasteiger partial charge in [0.05, 0.1) is 17.1 Å². The van der Waals surface area contributed by atoms with E-state index in [1.807, 2.05) is 41.6 Å². The van der Waals surface area contributed by atoms with Gasteiger partial charge in [-0.1, -0.05) is 24.3 Å². The van der Waals surface area contributed by atoms with Gasteiger partial charge in [-0.25, -0.2) is 4.98 Å². The fourth-order valence-corrected chi connectivity index (χ4v) is 5.69. The summed E-state index contributed by atoms with van der Waals surface area (Å²) in [4.78, 5) is 35.5. The number of amides is 1. The molecule has 3 aliphatic rings. The minimum absolute atomic E-state index is 0.0467. The Morgan fingerprint density at radius 3 is 2.83 bits per heavy atom. The maximum absolute atomic E-state index is 13.2. The fourth-order valence-electron chi connectivity index (χ4n) is 5.69. The predicted molar refractivity (Wildman–Crippen MR) is 140 cm³/mol. The number of nitrogens with one attached hydrogen (secondary N) is 1. The van der Waals surface area contributed by atoms with Gasteiger partial charge in [0, 0.05) is 72.7 Å². The number of allylic oxidation sites excluding steroid dienone is 1. The number of aromatic amines is 1. The number of rotatable bonds is 3. The Kier molecular flexibility index (Phi) is 4.89. The summed E-state index contributed by atoms with van der Waals surface area (Å²) in [6, 6.07) is 12.2. The molecule has 0 bridgehead atoms. The molecule has 5 heterocycles. The summed E-state index contributed by atoms with van der Waals surface area (Å²) in [5.74, 6) is 1.03. The number of likely N-dealkylation sites (N-methyl/N-ethyl adjacent to an activating group) is 1. The molecule has 0 radical (unpaired) electrons. The van der Waals surface area contributed by atoms with E-state index < -0.39 is 0 Å². The van der Waals surface area contributed by atoms with Gasteiger partial charge >= 0.3 is 0 Å². The first-order valence-corrected chi connectivity index (χ1v) is 12.5. The van der Waals surface area contributed by atoms with Crippen molar-refractivity contribution < 1.29 is 4.79 Å². The number of fused-ring (bicyclic) bond motifs is 7. The number of hydrogen-bond donors (Lipinski definition) is 1. The largest absolute Gasteiger partial charge is 0.341 e. The van der Waals surface area contributed by atoms with Crippen LogP contribution in [0.25, 0.3) is 33.5 Å². The van der Waals surface area contributed by atoms with Crippen molar-refractivity contribution in [2.45, 2.75) is 18.5 Å². The molecule has 1 aromatic carbocycles. The van der Waals surface area contributed by atoms with Crippen molar-refractivity contribution in [2.24, 2.45) is 4.99 Å². The minimum atomic E-state index is -0.0467. The third kappa shape index (κ3) is 3.32. The second-order valence-electron chi connectivity index (χ2n) is 9.81. The number of piperazine rings is 1. The lowest BCUT2D eigenvalue weighted by Gasteiger charge is -2.32. The van der Waals surface area contributed by atoms with E-state index >= 15 is 0 Å². The van der Waals surface area contributed by atoms with Gasteiger partial charge in [0.15, 0.2) is 0 Å². The number of imidazole rings is 1. The highest BCUT2D eigenvalue weighted by Crippen LogP contribution is 2.48. The van der Waals surface area contributed by atoms with Crippen LogP contribution in [0.3, 0.4) is 0 Å². The minimum Gasteiger partial charge on any atom is -0.341 e. The lowest BCUT2D eigenvalue weighted by molar-refractivity contribution is -0.133. The summed E-state index contributed by atoms with van der Waals surface area (Å²) in [5, 5.41) is 1.08. The molecule has 1 aliphatic carbocycles. The van der Waals surface area contributed by atoms with E-state index in [4.69, 9.17) is 9.98 Å². The summed E-state index contributed by atoms with van der Waals surface area (Å²) in [7, 11) is 2.10. The molecular formula is C28H27N7O. The van der Waals surface area contributed by atoms with Crippen molar-refractivity contribution in [1.82, 2.24) is 29.3 Å². The molecule has 2 aliphatic heterocycles. The summed E-state index contributed by atoms with van der Waals surface area (Å²) in [5.41, 5.74) is 6.02. The Balaban J connectivity index is 1.30. The van der Waals surface area contributed by atoms with Crippen LogP contribution < -0.4 is 0 Å². The molecule has 180 valence electrons. The first-order chi connectivity index (χ1) is 17.7. The Labute approximate surface area is 209 Å². The number of para-hydroxylation sites is 1. The fraction of sp³-hybridized carbons (Fsp3) is 0.286. The summed E-state index contributed by atoms with van der Waals surface area (Å²) >= 11 is 0. The van der Waals surface area contributed by atoms with Gasteiger partial charge in [-0.3, -0.25) is 14.8 Å². The number of carbonyl (C=O) groups excluding carboxylic acids is 1. The zero-order valence-electron chi connectivity index (χ0n) is 20.1. The van der Waals surface area contributed by atoms with E-state index in [1.54, 1.807) is 0 Å². The van der Waals surface area contributed by atoms with Crippen molar-refractivity contribution in [3.8, 4) is 22.6 Å². The first-order valence-electron chi connectivity index (χ1n) is 12.5. The molecule has 36 heavy (non-hydrogen) atoms. The molecule has 2 unspecified atom stereocenters. The molecule has 0 saturated carbocycles. The van der Waals surface area contributed by atoms with Gasteiger partial charge in [0.2, 0.25) is 5.91 Å². The molecule has 1 amide bonds. The van der Waals surface area contributed by atoms with Crippen LogP contribution in [0.2, 0.25) is 0 Å². The van der Waals surface area contributed by atoms with Crippen LogP contribution in [0.5, 0.6) is 0 Å². The normalized spacial score (nSPS) is 20.9. The third-order valence-corrected chi connectivity index (χ3v) is 7.64. The van der Waals surface area contributed by atoms with Gasteiger partial charge < -0.3 is 19.4 Å². The summed E-state index contributed by atoms with van der Waals surface area (Å²) < 4.78 is 2.07. The molecule has 1 fully saturated rings. The third-order valence-electron chi connectivity index (χ3n) is 7.64. The quantitative estimate of drug-likeness (QED) is 0.488. The Bertz CT molecular complexity index is 1540. The second-order valence-corrected chi connectivity index (χ2v) is 9.81. The zero-order chi connectivity index (χ0) is 24.2. The average Bonchev–Trinajstić information content (AvgIpc) is 3.52. The van der Waals surface area contributed by atoms with Gasteiger partial charge in [0.1, 0.15) is 18.4 Å². The smallest absolute Gasteiger partial charge is 0.242 e. The van der Waals surface area contributed by atoms with Crippen LogP contribution in [-0.2, 0) is 11.3 Å². The van der Waals surface area contributed by atoms with E-state index in [9.17, 15) is 4.79 Å². The zero-order valence-corrected chi connectivity index (χ0v) is 20.1. The molecule has 3 aromatic heterocycles. The Morgan fingerprint density at radius 1 is 1.08 bits per heavy atom. The summed E-state index contributed by atoms with van der Waals surface area (Å²) in [6.07, 6.45) is 9.92. The van der Waals surface area contributed by atoms with Gasteiger partial charge in [-0.15, -0.1) is 0 Å². The molecule has 1 N–H and O–H groups in total. The van der Waals surface area contributed by atoms with E-state index in [1.165, 1.54) is 0 Å². The van der Waals surface area contributed by atoms with Crippen LogP contribution in [-0.4, -0.2) is 74.7 Å². The molecule has 1 saturated heterocycles. The van der Waals surface area contributed by atoms with Crippen LogP contribution >= 0.6 is 0 Å². The van der Waals surface area contributed by atoms with Crippen molar-refractivity contribution in [3.05, 3.63) is 72.3 Å². The Hall–Kier alpha value is -4.04. The molecule has 8 heteroatoms. The number of aromatic nitrogens is 4. The van der Waals surface area contributed by atoms with Gasteiger partial charge in [0.25, 0.3) is 0 Å². The lowest BCUT2D eigenvalue weighted by atomic mass is 9.82. The van der Waals surface area contributed by atoms with E-state index in [-0.39, 0.29) is 17.9 Å². The second kappa shape index (κ2) is 8.27. The van der Waals surface area contributed by atoms with Crippen LogP contribution in [0.1, 0.15) is 23.3 Å². The number of nitrogens with zero attached hydrogens (tertiary/aromatic N) is 6. The van der Waals surface area contributed by atoms with Crippen molar-refractivity contribution >= 4 is 23.0 Å². The topological polar surface area (TPSA) is 82.4 Å². The lowest BCUT2D eigenvalue weighted by Crippen LogP contribution is -2.48. The van der Waals surface area contributed by atoms with Gasteiger partial charge in [-0.2, -0.15) is 0 Å². The molecule has 7 rings (SSSR count). The Morgan fingerprint density at radius 2 is 1.94 bits per heavy atom. The number of dihydropyridines is 1. The highest BCUT2D eigenvalue weighted by molar-refractivity contribution is 5.96.